The first-order valence-electron chi connectivity index (χ1n) is 8.58. The van der Waals surface area contributed by atoms with E-state index in [9.17, 15) is 22.4 Å². The van der Waals surface area contributed by atoms with Gasteiger partial charge in [-0.3, -0.25) is 4.79 Å². The van der Waals surface area contributed by atoms with E-state index >= 15 is 0 Å². The molecule has 0 bridgehead atoms. The number of anilines is 1. The van der Waals surface area contributed by atoms with Crippen molar-refractivity contribution in [1.82, 2.24) is 4.98 Å². The zero-order valence-corrected chi connectivity index (χ0v) is 15.5. The summed E-state index contributed by atoms with van der Waals surface area (Å²) in [6, 6.07) is 7.33. The van der Waals surface area contributed by atoms with Crippen LogP contribution >= 0.6 is 0 Å². The fourth-order valence-electron chi connectivity index (χ4n) is 3.02. The number of hydrogen-bond donors (Lipinski definition) is 2. The van der Waals surface area contributed by atoms with Crippen molar-refractivity contribution in [2.45, 2.75) is 31.2 Å². The highest BCUT2D eigenvalue weighted by Crippen LogP contribution is 2.41. The number of amidine groups is 1. The number of nitriles is 1. The predicted octanol–water partition coefficient (Wildman–Crippen LogP) is 3.23. The van der Waals surface area contributed by atoms with Crippen molar-refractivity contribution >= 4 is 17.6 Å². The smallest absolute Gasteiger partial charge is 0.425 e. The first-order chi connectivity index (χ1) is 14.0. The largest absolute Gasteiger partial charge is 0.452 e. The third-order valence-corrected chi connectivity index (χ3v) is 4.50. The lowest BCUT2D eigenvalue weighted by Crippen LogP contribution is -2.46. The van der Waals surface area contributed by atoms with Crippen molar-refractivity contribution in [2.24, 2.45) is 10.7 Å². The van der Waals surface area contributed by atoms with Gasteiger partial charge in [-0.05, 0) is 37.3 Å². The topological polar surface area (TPSA) is 113 Å². The molecule has 0 saturated carbocycles. The van der Waals surface area contributed by atoms with Gasteiger partial charge in [0.05, 0.1) is 11.1 Å². The first-order valence-corrected chi connectivity index (χ1v) is 8.58. The van der Waals surface area contributed by atoms with Gasteiger partial charge in [0.25, 0.3) is 11.9 Å². The Morgan fingerprint density at radius 2 is 2.10 bits per heavy atom. The molecule has 3 N–H and O–H groups in total. The van der Waals surface area contributed by atoms with Crippen LogP contribution in [0.5, 0.6) is 0 Å². The molecular formula is C19H15F4N5O2. The Kier molecular flexibility index (Phi) is 5.35. The van der Waals surface area contributed by atoms with E-state index in [1.807, 2.05) is 6.07 Å². The molecule has 11 heteroatoms. The second-order valence-corrected chi connectivity index (χ2v) is 6.77. The number of hydrogen-bond acceptors (Lipinski definition) is 6. The summed E-state index contributed by atoms with van der Waals surface area (Å²) < 4.78 is 58.5. The lowest BCUT2D eigenvalue weighted by molar-refractivity contribution is -0.208. The van der Waals surface area contributed by atoms with Crippen LogP contribution in [0.1, 0.15) is 35.0 Å². The van der Waals surface area contributed by atoms with Crippen LogP contribution in [0.4, 0.5) is 23.2 Å². The van der Waals surface area contributed by atoms with Crippen LogP contribution in [0.15, 0.2) is 41.5 Å². The van der Waals surface area contributed by atoms with Crippen molar-refractivity contribution in [3.05, 3.63) is 59.2 Å². The van der Waals surface area contributed by atoms with E-state index in [2.05, 4.69) is 20.0 Å². The number of carbonyl (C=O) groups excluding carboxylic acids is 1. The third kappa shape index (κ3) is 4.32. The Labute approximate surface area is 168 Å². The van der Waals surface area contributed by atoms with Gasteiger partial charge >= 0.3 is 6.18 Å². The summed E-state index contributed by atoms with van der Waals surface area (Å²) in [6.07, 6.45) is -6.45. The summed E-state index contributed by atoms with van der Waals surface area (Å²) in [4.78, 5) is 20.1. The van der Waals surface area contributed by atoms with Crippen molar-refractivity contribution in [2.75, 3.05) is 5.32 Å². The molecule has 2 heterocycles. The van der Waals surface area contributed by atoms with Gasteiger partial charge in [0.15, 0.2) is 6.10 Å². The maximum atomic E-state index is 14.5. The lowest BCUT2D eigenvalue weighted by Gasteiger charge is -2.36. The van der Waals surface area contributed by atoms with Crippen LogP contribution in [0.2, 0.25) is 0 Å². The summed E-state index contributed by atoms with van der Waals surface area (Å²) >= 11 is 0. The molecule has 156 valence electrons. The molecule has 0 radical (unpaired) electrons. The molecule has 1 amide bonds. The Hall–Kier alpha value is -3.68. The van der Waals surface area contributed by atoms with E-state index in [4.69, 9.17) is 11.0 Å². The molecule has 0 aliphatic carbocycles. The molecule has 1 aromatic heterocycles. The zero-order valence-electron chi connectivity index (χ0n) is 15.5. The monoisotopic (exact) mass is 421 g/mol. The molecule has 2 aromatic rings. The number of rotatable bonds is 3. The molecule has 2 atom stereocenters. The minimum absolute atomic E-state index is 0.00319. The molecule has 1 aliphatic heterocycles. The van der Waals surface area contributed by atoms with Crippen LogP contribution in [-0.2, 0) is 10.3 Å². The van der Waals surface area contributed by atoms with Gasteiger partial charge in [0, 0.05) is 23.9 Å². The highest BCUT2D eigenvalue weighted by molar-refractivity contribution is 6.02. The minimum Gasteiger partial charge on any atom is -0.452 e. The van der Waals surface area contributed by atoms with Crippen LogP contribution < -0.4 is 11.1 Å². The van der Waals surface area contributed by atoms with E-state index in [1.165, 1.54) is 37.4 Å². The maximum Gasteiger partial charge on any atom is 0.425 e. The average Bonchev–Trinajstić information content (AvgIpc) is 2.68. The van der Waals surface area contributed by atoms with Crippen molar-refractivity contribution in [1.29, 1.82) is 5.26 Å². The fraction of sp³-hybridized carbons (Fsp3) is 0.263. The quantitative estimate of drug-likeness (QED) is 0.739. The number of nitrogens with one attached hydrogen (secondary N) is 1. The Bertz CT molecular complexity index is 1050. The number of nitrogens with zero attached hydrogens (tertiary/aromatic N) is 3. The maximum absolute atomic E-state index is 14.5. The number of nitrogens with two attached hydrogens (primary N) is 1. The van der Waals surface area contributed by atoms with Gasteiger partial charge in [0.1, 0.15) is 17.6 Å². The fourth-order valence-corrected chi connectivity index (χ4v) is 3.02. The van der Waals surface area contributed by atoms with E-state index in [0.717, 1.165) is 6.07 Å². The van der Waals surface area contributed by atoms with Crippen molar-refractivity contribution in [3.63, 3.8) is 0 Å². The molecular weight excluding hydrogens is 406 g/mol. The van der Waals surface area contributed by atoms with Gasteiger partial charge in [-0.1, -0.05) is 0 Å². The van der Waals surface area contributed by atoms with E-state index in [1.54, 1.807) is 0 Å². The summed E-state index contributed by atoms with van der Waals surface area (Å²) in [6.45, 7) is 1.30. The van der Waals surface area contributed by atoms with E-state index < -0.39 is 42.0 Å². The van der Waals surface area contributed by atoms with Gasteiger partial charge in [0.2, 0.25) is 0 Å². The van der Waals surface area contributed by atoms with E-state index in [-0.39, 0.29) is 22.5 Å². The molecule has 1 aliphatic rings. The molecule has 0 fully saturated rings. The van der Waals surface area contributed by atoms with E-state index in [0.29, 0.717) is 0 Å². The lowest BCUT2D eigenvalue weighted by atomic mass is 9.85. The molecule has 0 unspecified atom stereocenters. The van der Waals surface area contributed by atoms with Crippen molar-refractivity contribution in [3.8, 4) is 6.07 Å². The number of pyridine rings is 1. The number of aliphatic imine (C=N–C) groups is 1. The number of alkyl halides is 3. The number of aromatic nitrogens is 1. The van der Waals surface area contributed by atoms with Crippen LogP contribution in [-0.4, -0.2) is 29.2 Å². The highest BCUT2D eigenvalue weighted by atomic mass is 19.4. The summed E-state index contributed by atoms with van der Waals surface area (Å²) in [5.41, 5.74) is 3.93. The molecule has 0 spiro atoms. The number of amides is 1. The Balaban J connectivity index is 1.90. The predicted molar refractivity (Wildman–Crippen MR) is 97.8 cm³/mol. The van der Waals surface area contributed by atoms with Crippen LogP contribution in [0.3, 0.4) is 0 Å². The number of carbonyl (C=O) groups is 1. The standard InChI is InChI=1S/C19H15F4N5O2/c1-18(7-15(19(21,22)23)30-17(25)28-18)12-6-11(3-4-13(12)20)27-16(29)14-5-2-10(8-24)9-26-14/h2-6,9,15H,7H2,1H3,(H2,25,28)(H,27,29)/t15-,18+/m1/s1. The summed E-state index contributed by atoms with van der Waals surface area (Å²) in [5, 5.41) is 11.3. The number of ether oxygens (including phenoxy) is 1. The second-order valence-electron chi connectivity index (χ2n) is 6.77. The Morgan fingerprint density at radius 1 is 1.37 bits per heavy atom. The van der Waals surface area contributed by atoms with Gasteiger partial charge in [-0.25, -0.2) is 14.4 Å². The van der Waals surface area contributed by atoms with Gasteiger partial charge in [-0.15, -0.1) is 0 Å². The first kappa shape index (κ1) is 21.0. The van der Waals surface area contributed by atoms with Crippen molar-refractivity contribution < 1.29 is 27.1 Å². The normalized spacial score (nSPS) is 21.2. The summed E-state index contributed by atoms with van der Waals surface area (Å²) in [7, 11) is 0. The molecule has 1 aromatic carbocycles. The summed E-state index contributed by atoms with van der Waals surface area (Å²) in [5.74, 6) is -1.46. The number of halogens is 4. The average molecular weight is 421 g/mol. The minimum atomic E-state index is -4.72. The van der Waals surface area contributed by atoms with Gasteiger partial charge in [-0.2, -0.15) is 18.4 Å². The zero-order chi connectivity index (χ0) is 22.1. The third-order valence-electron chi connectivity index (χ3n) is 4.50. The van der Waals surface area contributed by atoms with Crippen LogP contribution in [0.25, 0.3) is 0 Å². The SMILES string of the molecule is C[C@@]1(c2cc(NC(=O)c3ccc(C#N)cn3)ccc2F)C[C@H](C(F)(F)F)OC(N)=N1. The molecule has 7 nitrogen and oxygen atoms in total. The Morgan fingerprint density at radius 3 is 2.70 bits per heavy atom. The molecule has 0 saturated heterocycles. The van der Waals surface area contributed by atoms with Crippen LogP contribution in [0, 0.1) is 17.1 Å². The molecule has 3 rings (SSSR count). The number of benzene rings is 1. The highest BCUT2D eigenvalue weighted by Gasteiger charge is 2.50. The molecule has 30 heavy (non-hydrogen) atoms. The second kappa shape index (κ2) is 7.62. The van der Waals surface area contributed by atoms with Gasteiger partial charge < -0.3 is 15.8 Å².